The van der Waals surface area contributed by atoms with Crippen molar-refractivity contribution in [3.63, 3.8) is 0 Å². The van der Waals surface area contributed by atoms with Crippen LogP contribution in [0.3, 0.4) is 0 Å². The van der Waals surface area contributed by atoms with Crippen molar-refractivity contribution < 1.29 is 21.6 Å². The molecule has 0 atom stereocenters. The summed E-state index contributed by atoms with van der Waals surface area (Å²) in [4.78, 5) is -0.233. The Hall–Kier alpha value is -1.96. The largest absolute Gasteiger partial charge is 0.436 e. The normalized spacial score (nSPS) is 12.2. The molecule has 2 N–H and O–H groups in total. The molecule has 1 aromatic heterocycles. The molecule has 12 heteroatoms. The van der Waals surface area contributed by atoms with Crippen LogP contribution in [-0.2, 0) is 16.0 Å². The summed E-state index contributed by atoms with van der Waals surface area (Å²) in [7, 11) is -3.65. The zero-order valence-corrected chi connectivity index (χ0v) is 14.0. The van der Waals surface area contributed by atoms with Crippen molar-refractivity contribution in [1.29, 1.82) is 5.26 Å². The molecule has 0 unspecified atom stereocenters. The topological polar surface area (TPSA) is 102 Å². The molecule has 0 spiro atoms. The second-order valence-electron chi connectivity index (χ2n) is 4.64. The summed E-state index contributed by atoms with van der Waals surface area (Å²) in [5.74, 6) is -0.624. The molecule has 0 bridgehead atoms. The number of nitriles is 1. The lowest BCUT2D eigenvalue weighted by Gasteiger charge is -2.10. The van der Waals surface area contributed by atoms with Gasteiger partial charge in [-0.1, -0.05) is 23.2 Å². The van der Waals surface area contributed by atoms with Gasteiger partial charge in [-0.15, -0.1) is 0 Å². The molecule has 1 heterocycles. The van der Waals surface area contributed by atoms with Gasteiger partial charge in [0.25, 0.3) is 0 Å². The number of hydrogen-bond donors (Lipinski definition) is 1. The summed E-state index contributed by atoms with van der Waals surface area (Å²) in [5, 5.41) is 11.6. The molecule has 6 nitrogen and oxygen atoms in total. The first-order chi connectivity index (χ1) is 10.9. The molecule has 128 valence electrons. The van der Waals surface area contributed by atoms with Gasteiger partial charge < -0.3 is 5.73 Å². The highest BCUT2D eigenvalue weighted by atomic mass is 35.5. The Morgan fingerprint density at radius 1 is 1.29 bits per heavy atom. The van der Waals surface area contributed by atoms with Crippen molar-refractivity contribution in [2.45, 2.75) is 11.1 Å². The first-order valence-corrected chi connectivity index (χ1v) is 8.58. The number of nitrogens with two attached hydrogens (primary N) is 1. The number of sulfone groups is 1. The fourth-order valence-electron chi connectivity index (χ4n) is 1.87. The Labute approximate surface area is 144 Å². The minimum atomic E-state index is -4.92. The van der Waals surface area contributed by atoms with E-state index >= 15 is 0 Å². The molecule has 0 saturated heterocycles. The number of alkyl halides is 3. The molecule has 0 radical (unpaired) electrons. The molecule has 0 aliphatic heterocycles. The maximum Gasteiger partial charge on any atom is 0.436 e. The van der Waals surface area contributed by atoms with Crippen LogP contribution in [0.15, 0.2) is 17.0 Å². The third-order valence-electron chi connectivity index (χ3n) is 2.93. The second kappa shape index (κ2) is 5.84. The summed E-state index contributed by atoms with van der Waals surface area (Å²) < 4.78 is 62.4. The maximum absolute atomic E-state index is 12.9. The highest BCUT2D eigenvalue weighted by Crippen LogP contribution is 2.38. The fourth-order valence-corrected chi connectivity index (χ4v) is 3.31. The van der Waals surface area contributed by atoms with Crippen molar-refractivity contribution in [2.75, 3.05) is 12.0 Å². The van der Waals surface area contributed by atoms with Crippen molar-refractivity contribution in [3.8, 4) is 11.8 Å². The van der Waals surface area contributed by atoms with Crippen LogP contribution in [-0.4, -0.2) is 24.5 Å². The molecule has 0 amide bonds. The minimum Gasteiger partial charge on any atom is -0.382 e. The van der Waals surface area contributed by atoms with Gasteiger partial charge in [0.1, 0.15) is 23.1 Å². The third-order valence-corrected chi connectivity index (χ3v) is 4.60. The van der Waals surface area contributed by atoms with Gasteiger partial charge >= 0.3 is 6.18 Å². The molecule has 24 heavy (non-hydrogen) atoms. The lowest BCUT2D eigenvalue weighted by Crippen LogP contribution is -2.09. The van der Waals surface area contributed by atoms with E-state index in [4.69, 9.17) is 34.2 Å². The Morgan fingerprint density at radius 3 is 2.12 bits per heavy atom. The van der Waals surface area contributed by atoms with Crippen molar-refractivity contribution in [1.82, 2.24) is 9.78 Å². The molecule has 0 aliphatic carbocycles. The van der Waals surface area contributed by atoms with Gasteiger partial charge in [0.05, 0.1) is 14.9 Å². The number of rotatable bonds is 2. The van der Waals surface area contributed by atoms with Crippen LogP contribution in [0, 0.1) is 11.3 Å². The van der Waals surface area contributed by atoms with Crippen LogP contribution in [0.4, 0.5) is 19.0 Å². The van der Waals surface area contributed by atoms with Crippen molar-refractivity contribution in [3.05, 3.63) is 33.4 Å². The highest BCUT2D eigenvalue weighted by Gasteiger charge is 2.39. The Kier molecular flexibility index (Phi) is 4.47. The predicted molar refractivity (Wildman–Crippen MR) is 80.8 cm³/mol. The first kappa shape index (κ1) is 18.4. The van der Waals surface area contributed by atoms with Crippen LogP contribution in [0.5, 0.6) is 0 Å². The van der Waals surface area contributed by atoms with Crippen LogP contribution in [0.25, 0.3) is 5.69 Å². The predicted octanol–water partition coefficient (Wildman–Crippen LogP) is 3.06. The standard InChI is InChI=1S/C12H7Cl2F3N4O2S/c1-24(22,23)5-2-7(13)9(8(14)3-5)21-11(19)6(4-18)10(20-21)12(15,16)17/h2-3H,19H2,1H3. The first-order valence-electron chi connectivity index (χ1n) is 5.93. The van der Waals surface area contributed by atoms with Crippen LogP contribution in [0.1, 0.15) is 11.3 Å². The number of halogens is 5. The Morgan fingerprint density at radius 2 is 1.79 bits per heavy atom. The molecular weight excluding hydrogens is 392 g/mol. The second-order valence-corrected chi connectivity index (χ2v) is 7.47. The van der Waals surface area contributed by atoms with E-state index in [9.17, 15) is 21.6 Å². The van der Waals surface area contributed by atoms with E-state index in [1.807, 2.05) is 0 Å². The van der Waals surface area contributed by atoms with Crippen LogP contribution < -0.4 is 5.73 Å². The Balaban J connectivity index is 2.80. The summed E-state index contributed by atoms with van der Waals surface area (Å²) >= 11 is 11.9. The average Bonchev–Trinajstić information content (AvgIpc) is 2.74. The Bertz CT molecular complexity index is 954. The average molecular weight is 399 g/mol. The van der Waals surface area contributed by atoms with E-state index in [1.165, 1.54) is 6.07 Å². The van der Waals surface area contributed by atoms with E-state index < -0.39 is 33.1 Å². The van der Waals surface area contributed by atoms with Gasteiger partial charge in [0.15, 0.2) is 15.5 Å². The number of hydrogen-bond acceptors (Lipinski definition) is 5. The van der Waals surface area contributed by atoms with Gasteiger partial charge in [-0.05, 0) is 12.1 Å². The van der Waals surface area contributed by atoms with E-state index in [0.29, 0.717) is 4.68 Å². The number of benzene rings is 1. The summed E-state index contributed by atoms with van der Waals surface area (Å²) in [6, 6.07) is 3.32. The van der Waals surface area contributed by atoms with Crippen molar-refractivity contribution in [2.24, 2.45) is 0 Å². The lowest BCUT2D eigenvalue weighted by atomic mass is 10.2. The van der Waals surface area contributed by atoms with E-state index in [1.54, 1.807) is 0 Å². The van der Waals surface area contributed by atoms with E-state index in [-0.39, 0.29) is 20.6 Å². The van der Waals surface area contributed by atoms with Gasteiger partial charge in [0.2, 0.25) is 0 Å². The third kappa shape index (κ3) is 3.15. The zero-order valence-electron chi connectivity index (χ0n) is 11.7. The van der Waals surface area contributed by atoms with Gasteiger partial charge in [-0.3, -0.25) is 0 Å². The summed E-state index contributed by atoms with van der Waals surface area (Å²) in [5.41, 5.74) is 2.89. The molecule has 2 rings (SSSR count). The van der Waals surface area contributed by atoms with Gasteiger partial charge in [-0.2, -0.15) is 23.5 Å². The SMILES string of the molecule is CS(=O)(=O)c1cc(Cl)c(-n2nc(C(F)(F)F)c(C#N)c2N)c(Cl)c1. The van der Waals surface area contributed by atoms with Gasteiger partial charge in [0, 0.05) is 6.26 Å². The smallest absolute Gasteiger partial charge is 0.382 e. The number of anilines is 1. The quantitative estimate of drug-likeness (QED) is 0.837. The highest BCUT2D eigenvalue weighted by molar-refractivity contribution is 7.90. The van der Waals surface area contributed by atoms with E-state index in [0.717, 1.165) is 18.4 Å². The molecular formula is C12H7Cl2F3N4O2S. The molecule has 0 saturated carbocycles. The van der Waals surface area contributed by atoms with Gasteiger partial charge in [-0.25, -0.2) is 13.1 Å². The maximum atomic E-state index is 12.9. The number of nitrogens with zero attached hydrogens (tertiary/aromatic N) is 3. The minimum absolute atomic E-state index is 0.233. The summed E-state index contributed by atoms with van der Waals surface area (Å²) in [6.07, 6.45) is -4.01. The van der Waals surface area contributed by atoms with E-state index in [2.05, 4.69) is 5.10 Å². The van der Waals surface area contributed by atoms with Crippen LogP contribution >= 0.6 is 23.2 Å². The monoisotopic (exact) mass is 398 g/mol. The number of aromatic nitrogens is 2. The van der Waals surface area contributed by atoms with Crippen LogP contribution in [0.2, 0.25) is 10.0 Å². The number of nitrogen functional groups attached to an aromatic ring is 1. The lowest BCUT2D eigenvalue weighted by molar-refractivity contribution is -0.141. The summed E-state index contributed by atoms with van der Waals surface area (Å²) in [6.45, 7) is 0. The molecule has 2 aromatic rings. The molecule has 0 fully saturated rings. The van der Waals surface area contributed by atoms with Crippen molar-refractivity contribution >= 4 is 38.9 Å². The fraction of sp³-hybridized carbons (Fsp3) is 0.167. The molecule has 0 aliphatic rings. The molecule has 1 aromatic carbocycles. The zero-order chi connectivity index (χ0) is 18.4.